The van der Waals surface area contributed by atoms with Gasteiger partial charge in [-0.3, -0.25) is 0 Å². The molecule has 0 aliphatic carbocycles. The lowest BCUT2D eigenvalue weighted by Crippen LogP contribution is -2.33. The summed E-state index contributed by atoms with van der Waals surface area (Å²) in [7, 11) is 0. The maximum atomic E-state index is 5.77. The Hall–Kier alpha value is -1.78. The molecule has 1 saturated heterocycles. The molecule has 0 radical (unpaired) electrons. The Balaban J connectivity index is 1.71. The molecule has 0 saturated carbocycles. The first kappa shape index (κ1) is 14.2. The van der Waals surface area contributed by atoms with Crippen molar-refractivity contribution in [2.45, 2.75) is 26.4 Å². The SMILES string of the molecule is Cc1cc(C)nc(Cc2ccc([C@@H]3CNCCO3)cc2)n1. The van der Waals surface area contributed by atoms with Crippen molar-refractivity contribution in [2.75, 3.05) is 19.7 Å². The van der Waals surface area contributed by atoms with Crippen LogP contribution in [0.25, 0.3) is 0 Å². The Morgan fingerprint density at radius 2 is 1.86 bits per heavy atom. The lowest BCUT2D eigenvalue weighted by Gasteiger charge is -2.24. The van der Waals surface area contributed by atoms with E-state index in [1.807, 2.05) is 19.9 Å². The number of ether oxygens (including phenoxy) is 1. The number of nitrogens with one attached hydrogen (secondary N) is 1. The summed E-state index contributed by atoms with van der Waals surface area (Å²) < 4.78 is 5.77. The molecule has 1 aliphatic rings. The highest BCUT2D eigenvalue weighted by molar-refractivity contribution is 5.27. The molecule has 1 aliphatic heterocycles. The van der Waals surface area contributed by atoms with Gasteiger partial charge in [0.2, 0.25) is 0 Å². The van der Waals surface area contributed by atoms with E-state index >= 15 is 0 Å². The summed E-state index contributed by atoms with van der Waals surface area (Å²) in [6.07, 6.45) is 0.942. The molecule has 0 spiro atoms. The Morgan fingerprint density at radius 3 is 2.48 bits per heavy atom. The van der Waals surface area contributed by atoms with Crippen LogP contribution in [0.15, 0.2) is 30.3 Å². The van der Waals surface area contributed by atoms with Crippen LogP contribution in [0.5, 0.6) is 0 Å². The van der Waals surface area contributed by atoms with Crippen LogP contribution in [0, 0.1) is 13.8 Å². The first-order chi connectivity index (χ1) is 10.2. The van der Waals surface area contributed by atoms with E-state index in [0.717, 1.165) is 43.3 Å². The van der Waals surface area contributed by atoms with Crippen LogP contribution in [0.2, 0.25) is 0 Å². The van der Waals surface area contributed by atoms with E-state index in [0.29, 0.717) is 0 Å². The fraction of sp³-hybridized carbons (Fsp3) is 0.412. The summed E-state index contributed by atoms with van der Waals surface area (Å²) in [6.45, 7) is 6.63. The first-order valence-electron chi connectivity index (χ1n) is 7.43. The fourth-order valence-corrected chi connectivity index (χ4v) is 2.69. The van der Waals surface area contributed by atoms with Crippen LogP contribution in [0.3, 0.4) is 0 Å². The van der Waals surface area contributed by atoms with Crippen molar-refractivity contribution >= 4 is 0 Å². The Bertz CT molecular complexity index is 584. The molecule has 1 aromatic carbocycles. The zero-order chi connectivity index (χ0) is 14.7. The van der Waals surface area contributed by atoms with Gasteiger partial charge in [0.25, 0.3) is 0 Å². The summed E-state index contributed by atoms with van der Waals surface area (Å²) in [5.41, 5.74) is 4.51. The van der Waals surface area contributed by atoms with E-state index in [1.54, 1.807) is 0 Å². The lowest BCUT2D eigenvalue weighted by molar-refractivity contribution is 0.0277. The second kappa shape index (κ2) is 6.33. The van der Waals surface area contributed by atoms with Gasteiger partial charge in [-0.1, -0.05) is 24.3 Å². The number of rotatable bonds is 3. The predicted octanol–water partition coefficient (Wildman–Crippen LogP) is 2.35. The van der Waals surface area contributed by atoms with Crippen LogP contribution in [-0.4, -0.2) is 29.7 Å². The van der Waals surface area contributed by atoms with Gasteiger partial charge in [-0.25, -0.2) is 9.97 Å². The van der Waals surface area contributed by atoms with Crippen molar-refractivity contribution in [2.24, 2.45) is 0 Å². The molecule has 4 nitrogen and oxygen atoms in total. The number of nitrogens with zero attached hydrogens (tertiary/aromatic N) is 2. The average molecular weight is 283 g/mol. The number of morpholine rings is 1. The molecule has 1 aromatic heterocycles. The third kappa shape index (κ3) is 3.65. The van der Waals surface area contributed by atoms with E-state index < -0.39 is 0 Å². The van der Waals surface area contributed by atoms with E-state index in [9.17, 15) is 0 Å². The summed E-state index contributed by atoms with van der Waals surface area (Å²) in [5, 5.41) is 3.36. The minimum atomic E-state index is 0.172. The fourth-order valence-electron chi connectivity index (χ4n) is 2.69. The third-order valence-corrected chi connectivity index (χ3v) is 3.67. The molecule has 0 unspecified atom stereocenters. The van der Waals surface area contributed by atoms with E-state index in [2.05, 4.69) is 39.6 Å². The van der Waals surface area contributed by atoms with Gasteiger partial charge in [0, 0.05) is 30.9 Å². The van der Waals surface area contributed by atoms with Crippen molar-refractivity contribution in [1.82, 2.24) is 15.3 Å². The predicted molar refractivity (Wildman–Crippen MR) is 82.3 cm³/mol. The molecule has 2 heterocycles. The molecule has 0 bridgehead atoms. The number of hydrogen-bond acceptors (Lipinski definition) is 4. The first-order valence-corrected chi connectivity index (χ1v) is 7.43. The molecule has 0 amide bonds. The average Bonchev–Trinajstić information content (AvgIpc) is 2.48. The molecule has 110 valence electrons. The minimum absolute atomic E-state index is 0.172. The number of hydrogen-bond donors (Lipinski definition) is 1. The van der Waals surface area contributed by atoms with E-state index in [-0.39, 0.29) is 6.10 Å². The van der Waals surface area contributed by atoms with Crippen LogP contribution in [0.4, 0.5) is 0 Å². The molecule has 1 fully saturated rings. The third-order valence-electron chi connectivity index (χ3n) is 3.67. The quantitative estimate of drug-likeness (QED) is 0.939. The van der Waals surface area contributed by atoms with Crippen LogP contribution in [0.1, 0.15) is 34.4 Å². The second-order valence-electron chi connectivity index (χ2n) is 5.55. The molecule has 4 heteroatoms. The molecule has 1 N–H and O–H groups in total. The van der Waals surface area contributed by atoms with Gasteiger partial charge in [0.15, 0.2) is 0 Å². The van der Waals surface area contributed by atoms with Crippen molar-refractivity contribution in [1.29, 1.82) is 0 Å². The van der Waals surface area contributed by atoms with Crippen molar-refractivity contribution < 1.29 is 4.74 Å². The standard InChI is InChI=1S/C17H21N3O/c1-12-9-13(2)20-17(19-12)10-14-3-5-15(6-4-14)16-11-18-7-8-21-16/h3-6,9,16,18H,7-8,10-11H2,1-2H3/t16-/m0/s1. The molecular weight excluding hydrogens is 262 g/mol. The molecule has 21 heavy (non-hydrogen) atoms. The second-order valence-corrected chi connectivity index (χ2v) is 5.55. The molecule has 1 atom stereocenters. The molecular formula is C17H21N3O. The minimum Gasteiger partial charge on any atom is -0.371 e. The highest BCUT2D eigenvalue weighted by atomic mass is 16.5. The maximum absolute atomic E-state index is 5.77. The Labute approximate surface area is 125 Å². The Kier molecular flexibility index (Phi) is 4.27. The van der Waals surface area contributed by atoms with Crippen LogP contribution >= 0.6 is 0 Å². The van der Waals surface area contributed by atoms with Gasteiger partial charge >= 0.3 is 0 Å². The topological polar surface area (TPSA) is 47.0 Å². The highest BCUT2D eigenvalue weighted by Crippen LogP contribution is 2.19. The van der Waals surface area contributed by atoms with Gasteiger partial charge < -0.3 is 10.1 Å². The Morgan fingerprint density at radius 1 is 1.14 bits per heavy atom. The molecule has 3 rings (SSSR count). The zero-order valence-corrected chi connectivity index (χ0v) is 12.6. The molecule has 2 aromatic rings. The van der Waals surface area contributed by atoms with Gasteiger partial charge in [0.05, 0.1) is 12.7 Å². The summed E-state index contributed by atoms with van der Waals surface area (Å²) >= 11 is 0. The van der Waals surface area contributed by atoms with E-state index in [1.165, 1.54) is 11.1 Å². The van der Waals surface area contributed by atoms with Gasteiger partial charge in [-0.2, -0.15) is 0 Å². The summed E-state index contributed by atoms with van der Waals surface area (Å²) in [6, 6.07) is 10.6. The van der Waals surface area contributed by atoms with E-state index in [4.69, 9.17) is 4.74 Å². The normalized spacial score (nSPS) is 18.7. The van der Waals surface area contributed by atoms with Crippen molar-refractivity contribution in [3.63, 3.8) is 0 Å². The van der Waals surface area contributed by atoms with Crippen LogP contribution in [-0.2, 0) is 11.2 Å². The van der Waals surface area contributed by atoms with Gasteiger partial charge in [-0.15, -0.1) is 0 Å². The van der Waals surface area contributed by atoms with Crippen molar-refractivity contribution in [3.8, 4) is 0 Å². The lowest BCUT2D eigenvalue weighted by atomic mass is 10.0. The summed E-state index contributed by atoms with van der Waals surface area (Å²) in [4.78, 5) is 8.99. The number of aromatic nitrogens is 2. The van der Waals surface area contributed by atoms with Crippen molar-refractivity contribution in [3.05, 3.63) is 58.7 Å². The zero-order valence-electron chi connectivity index (χ0n) is 12.6. The smallest absolute Gasteiger partial charge is 0.133 e. The van der Waals surface area contributed by atoms with Crippen LogP contribution < -0.4 is 5.32 Å². The highest BCUT2D eigenvalue weighted by Gasteiger charge is 2.15. The number of benzene rings is 1. The van der Waals surface area contributed by atoms with Gasteiger partial charge in [-0.05, 0) is 31.0 Å². The number of aryl methyl sites for hydroxylation is 2. The monoisotopic (exact) mass is 283 g/mol. The largest absolute Gasteiger partial charge is 0.371 e. The maximum Gasteiger partial charge on any atom is 0.133 e. The summed E-state index contributed by atoms with van der Waals surface area (Å²) in [5.74, 6) is 0.885. The van der Waals surface area contributed by atoms with Gasteiger partial charge in [0.1, 0.15) is 5.82 Å².